The van der Waals surface area contributed by atoms with Crippen molar-refractivity contribution in [3.63, 3.8) is 0 Å². The van der Waals surface area contributed by atoms with Crippen molar-refractivity contribution in [3.05, 3.63) is 106 Å². The summed E-state index contributed by atoms with van der Waals surface area (Å²) in [7, 11) is 0. The van der Waals surface area contributed by atoms with Crippen LogP contribution in [0.5, 0.6) is 0 Å². The van der Waals surface area contributed by atoms with Crippen molar-refractivity contribution in [1.29, 1.82) is 0 Å². The van der Waals surface area contributed by atoms with Crippen LogP contribution in [0.2, 0.25) is 0 Å². The fourth-order valence-electron chi connectivity index (χ4n) is 10.3. The highest BCUT2D eigenvalue weighted by Crippen LogP contribution is 2.30. The molecular formula is C48H72N6. The molecule has 0 saturated heterocycles. The van der Waals surface area contributed by atoms with E-state index in [-0.39, 0.29) is 0 Å². The molecule has 54 heavy (non-hydrogen) atoms. The topological polar surface area (TPSA) is 72.2 Å². The van der Waals surface area contributed by atoms with Gasteiger partial charge < -0.3 is 31.9 Å². The molecule has 10 rings (SSSR count). The molecule has 294 valence electrons. The average molecular weight is 733 g/mol. The standard InChI is InChI=1S/C48H72N6/c1-31-37-19-21-38(22-20-37)32(2)51-45-15-9-10-16-46(45)52-35(5)41-27-29-42(30-28-41)36(6)54-48-18-12-11-17-47(48)53-34(4)40-25-23-39(24-26-40)33(3)50-44-14-8-7-13-43(44)49-31/h19-36,43-54H,7-18H2,1-6H3/t31-,32-,33-,34-,35-,36-,43-,44-,45-,46-,47-,48-/m1/s1. The summed E-state index contributed by atoms with van der Waals surface area (Å²) in [5, 5.41) is 24.4. The molecule has 6 nitrogen and oxygen atoms in total. The largest absolute Gasteiger partial charge is 0.306 e. The molecule has 0 radical (unpaired) electrons. The number of benzene rings is 3. The normalized spacial score (nSPS) is 36.1. The SMILES string of the molecule is C[C@H]1N[C@@H]2CCCC[C@H]2N[C@H](C)c2ccc(cc2)[C@@H](C)N[C@@H]2CCCC[C@H]2N[C@H](C)c2ccc(cc2)[C@@H](C)N[C@@H]2CCCC[C@H]2N[C@H](C)c2ccc1cc2. The Morgan fingerprint density at radius 3 is 0.519 bits per heavy atom. The van der Waals surface area contributed by atoms with Crippen LogP contribution in [-0.2, 0) is 0 Å². The maximum Gasteiger partial charge on any atom is 0.0295 e. The van der Waals surface area contributed by atoms with E-state index >= 15 is 0 Å². The third-order valence-corrected chi connectivity index (χ3v) is 13.9. The van der Waals surface area contributed by atoms with E-state index in [1.54, 1.807) is 0 Å². The van der Waals surface area contributed by atoms with E-state index in [1.165, 1.54) is 110 Å². The molecule has 4 aliphatic heterocycles. The van der Waals surface area contributed by atoms with Gasteiger partial charge in [0, 0.05) is 72.5 Å². The van der Waals surface area contributed by atoms with Crippen LogP contribution >= 0.6 is 0 Å². The third kappa shape index (κ3) is 9.86. The van der Waals surface area contributed by atoms with Crippen molar-refractivity contribution in [2.24, 2.45) is 0 Å². The minimum atomic E-state index is 0.309. The predicted molar refractivity (Wildman–Crippen MR) is 227 cm³/mol. The van der Waals surface area contributed by atoms with Crippen molar-refractivity contribution >= 4 is 0 Å². The molecule has 6 N–H and O–H groups in total. The lowest BCUT2D eigenvalue weighted by Gasteiger charge is -2.38. The summed E-state index contributed by atoms with van der Waals surface area (Å²) >= 11 is 0. The van der Waals surface area contributed by atoms with Crippen LogP contribution in [0, 0.1) is 0 Å². The van der Waals surface area contributed by atoms with Crippen molar-refractivity contribution in [2.75, 3.05) is 0 Å². The molecule has 3 saturated carbocycles. The number of hydrogen-bond acceptors (Lipinski definition) is 6. The zero-order valence-corrected chi connectivity index (χ0v) is 34.3. The first-order chi connectivity index (χ1) is 26.2. The number of rotatable bonds is 0. The third-order valence-electron chi connectivity index (χ3n) is 13.9. The van der Waals surface area contributed by atoms with E-state index < -0.39 is 0 Å². The van der Waals surface area contributed by atoms with E-state index in [9.17, 15) is 0 Å². The van der Waals surface area contributed by atoms with E-state index in [1.807, 2.05) is 0 Å². The molecule has 6 heteroatoms. The molecule has 3 aromatic rings. The van der Waals surface area contributed by atoms with Crippen molar-refractivity contribution in [2.45, 2.75) is 191 Å². The van der Waals surface area contributed by atoms with Gasteiger partial charge in [0.15, 0.2) is 0 Å². The summed E-state index contributed by atoms with van der Waals surface area (Å²) in [5.41, 5.74) is 8.27. The Kier molecular flexibility index (Phi) is 13.6. The summed E-state index contributed by atoms with van der Waals surface area (Å²) in [6.07, 6.45) is 15.2. The van der Waals surface area contributed by atoms with Gasteiger partial charge in [-0.05, 0) is 113 Å². The lowest BCUT2D eigenvalue weighted by molar-refractivity contribution is 0.252. The van der Waals surface area contributed by atoms with E-state index in [0.29, 0.717) is 72.5 Å². The second-order valence-corrected chi connectivity index (χ2v) is 17.8. The summed E-state index contributed by atoms with van der Waals surface area (Å²) in [6, 6.07) is 33.0. The molecule has 3 aliphatic carbocycles. The molecule has 0 spiro atoms. The highest BCUT2D eigenvalue weighted by Gasteiger charge is 2.31. The zero-order valence-electron chi connectivity index (χ0n) is 34.3. The molecule has 4 heterocycles. The highest BCUT2D eigenvalue weighted by molar-refractivity contribution is 5.30. The Hall–Kier alpha value is -2.58. The Balaban J connectivity index is 1.11. The van der Waals surface area contributed by atoms with E-state index in [4.69, 9.17) is 0 Å². The number of hydrogen-bond donors (Lipinski definition) is 6. The zero-order chi connectivity index (χ0) is 37.6. The van der Waals surface area contributed by atoms with Crippen LogP contribution in [0.1, 0.15) is 188 Å². The van der Waals surface area contributed by atoms with Gasteiger partial charge in [0.25, 0.3) is 0 Å². The van der Waals surface area contributed by atoms with Crippen molar-refractivity contribution < 1.29 is 0 Å². The first-order valence-electron chi connectivity index (χ1n) is 22.1. The van der Waals surface area contributed by atoms with E-state index in [0.717, 1.165) is 0 Å². The van der Waals surface area contributed by atoms with Gasteiger partial charge in [-0.25, -0.2) is 0 Å². The monoisotopic (exact) mass is 733 g/mol. The molecule has 12 atom stereocenters. The first kappa shape index (κ1) is 39.6. The number of fused-ring (bicyclic) bond motifs is 3. The summed E-state index contributed by atoms with van der Waals surface area (Å²) in [4.78, 5) is 0. The van der Waals surface area contributed by atoms with Crippen LogP contribution in [0.25, 0.3) is 0 Å². The van der Waals surface area contributed by atoms with Gasteiger partial charge in [-0.15, -0.1) is 0 Å². The van der Waals surface area contributed by atoms with Crippen LogP contribution in [0.3, 0.4) is 0 Å². The first-order valence-corrected chi connectivity index (χ1v) is 22.1. The lowest BCUT2D eigenvalue weighted by Crippen LogP contribution is -2.51. The van der Waals surface area contributed by atoms with Gasteiger partial charge in [0.2, 0.25) is 0 Å². The van der Waals surface area contributed by atoms with Gasteiger partial charge in [0.1, 0.15) is 0 Å². The maximum atomic E-state index is 4.07. The summed E-state index contributed by atoms with van der Waals surface area (Å²) in [6.45, 7) is 14.1. The fraction of sp³-hybridized carbons (Fsp3) is 0.625. The predicted octanol–water partition coefficient (Wildman–Crippen LogP) is 9.94. The molecule has 0 unspecified atom stereocenters. The van der Waals surface area contributed by atoms with Gasteiger partial charge >= 0.3 is 0 Å². The second-order valence-electron chi connectivity index (χ2n) is 17.8. The Morgan fingerprint density at radius 1 is 0.259 bits per heavy atom. The van der Waals surface area contributed by atoms with Gasteiger partial charge in [-0.1, -0.05) is 111 Å². The molecule has 7 aliphatic rings. The molecule has 0 aromatic heterocycles. The Bertz CT molecular complexity index is 1270. The Labute approximate surface area is 328 Å². The molecular weight excluding hydrogens is 661 g/mol. The summed E-state index contributed by atoms with van der Waals surface area (Å²) in [5.74, 6) is 0. The summed E-state index contributed by atoms with van der Waals surface area (Å²) < 4.78 is 0. The molecule has 6 bridgehead atoms. The minimum absolute atomic E-state index is 0.309. The van der Waals surface area contributed by atoms with Gasteiger partial charge in [0.05, 0.1) is 0 Å². The number of nitrogens with one attached hydrogen (secondary N) is 6. The van der Waals surface area contributed by atoms with Crippen molar-refractivity contribution in [1.82, 2.24) is 31.9 Å². The van der Waals surface area contributed by atoms with Crippen LogP contribution in [-0.4, -0.2) is 36.3 Å². The average Bonchev–Trinajstić information content (AvgIpc) is 3.19. The fourth-order valence-corrected chi connectivity index (χ4v) is 10.3. The molecule has 0 amide bonds. The Morgan fingerprint density at radius 2 is 0.389 bits per heavy atom. The van der Waals surface area contributed by atoms with Crippen LogP contribution < -0.4 is 31.9 Å². The second kappa shape index (κ2) is 18.6. The molecule has 3 aromatic carbocycles. The molecule has 3 fully saturated rings. The maximum absolute atomic E-state index is 4.07. The van der Waals surface area contributed by atoms with Gasteiger partial charge in [-0.2, -0.15) is 0 Å². The van der Waals surface area contributed by atoms with Crippen LogP contribution in [0.4, 0.5) is 0 Å². The smallest absolute Gasteiger partial charge is 0.0295 e. The van der Waals surface area contributed by atoms with Gasteiger partial charge in [-0.3, -0.25) is 0 Å². The lowest BCUT2D eigenvalue weighted by atomic mass is 9.87. The van der Waals surface area contributed by atoms with E-state index in [2.05, 4.69) is 146 Å². The minimum Gasteiger partial charge on any atom is -0.306 e. The van der Waals surface area contributed by atoms with Crippen molar-refractivity contribution in [3.8, 4) is 0 Å². The highest BCUT2D eigenvalue weighted by atomic mass is 15.1. The van der Waals surface area contributed by atoms with Crippen LogP contribution in [0.15, 0.2) is 72.8 Å². The quantitative estimate of drug-likeness (QED) is 0.138.